The van der Waals surface area contributed by atoms with Crippen molar-refractivity contribution >= 4 is 8.95 Å². The predicted molar refractivity (Wildman–Crippen MR) is 56.0 cm³/mol. The van der Waals surface area contributed by atoms with Gasteiger partial charge in [-0.3, -0.25) is 6.08 Å². The molecule has 0 bridgehead atoms. The minimum atomic E-state index is -0.704. The Balaban J connectivity index is 0.000000336. The minimum absolute atomic E-state index is 0.189. The van der Waals surface area contributed by atoms with Crippen LogP contribution in [0.15, 0.2) is 16.7 Å². The molecule has 1 rings (SSSR count). The Morgan fingerprint density at radius 1 is 1.13 bits per heavy atom. The van der Waals surface area contributed by atoms with E-state index in [0.717, 1.165) is 0 Å². The van der Waals surface area contributed by atoms with E-state index in [2.05, 4.69) is 40.7 Å². The molecule has 15 heavy (non-hydrogen) atoms. The average molecular weight is 294 g/mol. The Bertz CT molecular complexity index is 399. The second-order valence-electron chi connectivity index (χ2n) is 3.84. The van der Waals surface area contributed by atoms with Crippen LogP contribution < -0.4 is 0 Å². The first-order chi connectivity index (χ1) is 6.86. The maximum absolute atomic E-state index is 9.05. The van der Waals surface area contributed by atoms with E-state index in [0.29, 0.717) is 0 Å². The average Bonchev–Trinajstić information content (AvgIpc) is 2.32. The van der Waals surface area contributed by atoms with Crippen LogP contribution in [0.2, 0.25) is 0 Å². The van der Waals surface area contributed by atoms with Gasteiger partial charge in [0.25, 0.3) is 0 Å². The van der Waals surface area contributed by atoms with Crippen LogP contribution in [0, 0.1) is 11.5 Å². The molecule has 0 N–H and O–H groups in total. The van der Waals surface area contributed by atoms with Crippen LogP contribution in [0.4, 0.5) is 0 Å². The molecule has 0 spiro atoms. The first kappa shape index (κ1) is 14.3. The summed E-state index contributed by atoms with van der Waals surface area (Å²) in [5.74, 6) is 0. The van der Waals surface area contributed by atoms with E-state index in [9.17, 15) is 0 Å². The summed E-state index contributed by atoms with van der Waals surface area (Å²) in [4.78, 5) is 18.1. The Morgan fingerprint density at radius 2 is 1.60 bits per heavy atom. The Labute approximate surface area is 97.7 Å². The number of rotatable bonds is 0. The molecule has 1 aliphatic carbocycles. The van der Waals surface area contributed by atoms with Gasteiger partial charge in [0.1, 0.15) is 0 Å². The molecule has 0 radical (unpaired) electrons. The second kappa shape index (κ2) is 5.98. The van der Waals surface area contributed by atoms with Crippen molar-refractivity contribution in [3.05, 3.63) is 22.8 Å². The molecule has 0 aromatic rings. The molecule has 0 aromatic heterocycles. The third-order valence-corrected chi connectivity index (χ3v) is 2.97. The van der Waals surface area contributed by atoms with Gasteiger partial charge in [-0.05, 0) is 0 Å². The van der Waals surface area contributed by atoms with Crippen LogP contribution >= 0.6 is 0 Å². The molecule has 85 valence electrons. The molecule has 0 aromatic carbocycles. The van der Waals surface area contributed by atoms with Gasteiger partial charge in [-0.1, -0.05) is 33.1 Å². The van der Waals surface area contributed by atoms with Crippen LogP contribution in [0.5, 0.6) is 0 Å². The van der Waals surface area contributed by atoms with E-state index in [1.54, 1.807) is 0 Å². The number of carbonyl (C=O) groups excluding carboxylic acids is 2. The number of allylic oxidation sites excluding steroid dienone is 4. The summed E-state index contributed by atoms with van der Waals surface area (Å²) in [7, 11) is 0. The van der Waals surface area contributed by atoms with Gasteiger partial charge in [-0.15, -0.1) is 6.92 Å². The van der Waals surface area contributed by atoms with Crippen LogP contribution in [0.25, 0.3) is 0 Å². The van der Waals surface area contributed by atoms with Gasteiger partial charge in [0.15, 0.2) is 0 Å². The van der Waals surface area contributed by atoms with Gasteiger partial charge in [-0.2, -0.15) is 11.1 Å². The second-order valence-corrected chi connectivity index (χ2v) is 4.92. The molecule has 0 heterocycles. The summed E-state index contributed by atoms with van der Waals surface area (Å²) in [6.45, 7) is 10.9. The van der Waals surface area contributed by atoms with E-state index >= 15 is 0 Å². The van der Waals surface area contributed by atoms with Crippen molar-refractivity contribution in [1.82, 2.24) is 0 Å². The summed E-state index contributed by atoms with van der Waals surface area (Å²) < 4.78 is 2.83. The zero-order valence-corrected chi connectivity index (χ0v) is 11.3. The van der Waals surface area contributed by atoms with Crippen molar-refractivity contribution in [2.45, 2.75) is 34.6 Å². The zero-order chi connectivity index (χ0) is 12.1. The molecule has 0 saturated heterocycles. The SMILES string of the molecule is CC1=[C-]C(C)(C)C(C)=C1C.O=[C]=[Rh]=[C]=O. The molecular weight excluding hydrogens is 279 g/mol. The fourth-order valence-corrected chi connectivity index (χ4v) is 1.49. The number of hydrogen-bond acceptors (Lipinski definition) is 2. The molecule has 0 atom stereocenters. The molecule has 3 heteroatoms. The van der Waals surface area contributed by atoms with Gasteiger partial charge in [0.05, 0.1) is 0 Å². The summed E-state index contributed by atoms with van der Waals surface area (Å²) in [5, 5.41) is 0. The van der Waals surface area contributed by atoms with E-state index in [1.165, 1.54) is 25.7 Å². The summed E-state index contributed by atoms with van der Waals surface area (Å²) >= 11 is -0.704. The Morgan fingerprint density at radius 3 is 1.67 bits per heavy atom. The van der Waals surface area contributed by atoms with Gasteiger partial charge in [-0.25, -0.2) is 5.57 Å². The first-order valence-electron chi connectivity index (χ1n) is 4.49. The first-order valence-corrected chi connectivity index (χ1v) is 6.13. The molecule has 1 aliphatic rings. The fraction of sp³-hybridized carbons (Fsp3) is 0.500. The van der Waals surface area contributed by atoms with Crippen LogP contribution in [-0.4, -0.2) is 8.95 Å². The van der Waals surface area contributed by atoms with Crippen molar-refractivity contribution < 1.29 is 25.8 Å². The predicted octanol–water partition coefficient (Wildman–Crippen LogP) is 2.32. The molecule has 0 saturated carbocycles. The number of hydrogen-bond donors (Lipinski definition) is 0. The third-order valence-electron chi connectivity index (χ3n) is 2.63. The third kappa shape index (κ3) is 4.10. The van der Waals surface area contributed by atoms with E-state index < -0.39 is 16.2 Å². The molecule has 0 aliphatic heterocycles. The van der Waals surface area contributed by atoms with Gasteiger partial charge in [0, 0.05) is 0 Å². The Kier molecular flexibility index (Phi) is 5.69. The standard InChI is InChI=1S/C10H15.2CO.Rh/c1-7-6-10(4,5)9(3)8(7)2;2*1-2;/h1-5H3;;;/q-1;;;. The maximum atomic E-state index is 9.05. The van der Waals surface area contributed by atoms with Crippen molar-refractivity contribution in [2.24, 2.45) is 5.41 Å². The van der Waals surface area contributed by atoms with Crippen LogP contribution in [0.1, 0.15) is 34.6 Å². The van der Waals surface area contributed by atoms with Crippen LogP contribution in [0.3, 0.4) is 0 Å². The van der Waals surface area contributed by atoms with Crippen molar-refractivity contribution in [3.63, 3.8) is 0 Å². The van der Waals surface area contributed by atoms with Crippen LogP contribution in [-0.2, 0) is 25.8 Å². The molecule has 0 fully saturated rings. The van der Waals surface area contributed by atoms with E-state index in [-0.39, 0.29) is 5.41 Å². The zero-order valence-electron chi connectivity index (χ0n) is 9.65. The normalized spacial score (nSPS) is 17.3. The Hall–Kier alpha value is -0.737. The molecular formula is C12H15O2Rh-. The molecule has 2 nitrogen and oxygen atoms in total. The summed E-state index contributed by atoms with van der Waals surface area (Å²) in [5.41, 5.74) is 4.39. The molecule has 0 unspecified atom stereocenters. The molecule has 0 amide bonds. The van der Waals surface area contributed by atoms with Gasteiger partial charge < -0.3 is 0 Å². The fourth-order valence-electron chi connectivity index (χ4n) is 1.42. The topological polar surface area (TPSA) is 34.1 Å². The summed E-state index contributed by atoms with van der Waals surface area (Å²) in [6, 6.07) is 0. The van der Waals surface area contributed by atoms with Crippen molar-refractivity contribution in [1.29, 1.82) is 0 Å². The quantitative estimate of drug-likeness (QED) is 0.507. The monoisotopic (exact) mass is 294 g/mol. The van der Waals surface area contributed by atoms with E-state index in [4.69, 9.17) is 9.59 Å². The van der Waals surface area contributed by atoms with E-state index in [1.807, 2.05) is 0 Å². The van der Waals surface area contributed by atoms with Crippen molar-refractivity contribution in [2.75, 3.05) is 0 Å². The van der Waals surface area contributed by atoms with Gasteiger partial charge >= 0.3 is 34.8 Å². The van der Waals surface area contributed by atoms with Gasteiger partial charge in [0.2, 0.25) is 0 Å². The van der Waals surface area contributed by atoms with Crippen molar-refractivity contribution in [3.8, 4) is 0 Å². The summed E-state index contributed by atoms with van der Waals surface area (Å²) in [6.07, 6.45) is 3.44.